The molecule has 0 saturated carbocycles. The van der Waals surface area contributed by atoms with E-state index in [1.54, 1.807) is 0 Å². The third kappa shape index (κ3) is 5.93. The number of carbonyl (C=O) groups excluding carboxylic acids is 1. The number of hydrogen-bond acceptors (Lipinski definition) is 6. The minimum atomic E-state index is -0.236. The van der Waals surface area contributed by atoms with Gasteiger partial charge in [0, 0.05) is 35.4 Å². The standard InChI is InChI=1S/C30H25ClN4O3S/c31-24-11-9-21(10-12-24)20-38-26-8-4-5-22(17-26)28-23(19-35(33-28)25-6-2-1-3-7-25)18-27-29(36)32-30(39-27)34-13-15-37-16-14-34/h1-12,17-19H,13-16,20H2. The minimum Gasteiger partial charge on any atom is -0.489 e. The lowest BCUT2D eigenvalue weighted by Gasteiger charge is -2.27. The minimum absolute atomic E-state index is 0.236. The lowest BCUT2D eigenvalue weighted by Crippen LogP contribution is -2.38. The van der Waals surface area contributed by atoms with Gasteiger partial charge in [-0.2, -0.15) is 10.1 Å². The Morgan fingerprint density at radius 2 is 1.79 bits per heavy atom. The van der Waals surface area contributed by atoms with E-state index >= 15 is 0 Å². The quantitative estimate of drug-likeness (QED) is 0.268. The zero-order chi connectivity index (χ0) is 26.6. The van der Waals surface area contributed by atoms with E-state index in [2.05, 4.69) is 9.89 Å². The Labute approximate surface area is 235 Å². The van der Waals surface area contributed by atoms with Gasteiger partial charge in [-0.1, -0.05) is 54.1 Å². The normalized spacial score (nSPS) is 16.5. The number of benzene rings is 3. The van der Waals surface area contributed by atoms with E-state index in [4.69, 9.17) is 26.2 Å². The van der Waals surface area contributed by atoms with Gasteiger partial charge >= 0.3 is 0 Å². The van der Waals surface area contributed by atoms with Crippen LogP contribution in [0.5, 0.6) is 5.75 Å². The molecular weight excluding hydrogens is 532 g/mol. The molecule has 1 saturated heterocycles. The summed E-state index contributed by atoms with van der Waals surface area (Å²) in [5, 5.41) is 6.33. The highest BCUT2D eigenvalue weighted by Crippen LogP contribution is 2.34. The highest BCUT2D eigenvalue weighted by molar-refractivity contribution is 8.18. The molecule has 4 aromatic rings. The van der Waals surface area contributed by atoms with Crippen molar-refractivity contribution in [3.63, 3.8) is 0 Å². The molecule has 7 nitrogen and oxygen atoms in total. The predicted molar refractivity (Wildman–Crippen MR) is 155 cm³/mol. The molecule has 1 amide bonds. The van der Waals surface area contributed by atoms with Crippen LogP contribution in [-0.2, 0) is 16.1 Å². The summed E-state index contributed by atoms with van der Waals surface area (Å²) in [5.74, 6) is 0.486. The van der Waals surface area contributed by atoms with Crippen LogP contribution in [0.2, 0.25) is 5.02 Å². The fourth-order valence-electron chi connectivity index (χ4n) is 4.34. The molecule has 39 heavy (non-hydrogen) atoms. The Morgan fingerprint density at radius 3 is 2.59 bits per heavy atom. The van der Waals surface area contributed by atoms with Crippen molar-refractivity contribution in [1.82, 2.24) is 14.7 Å². The largest absolute Gasteiger partial charge is 0.489 e. The molecule has 0 unspecified atom stereocenters. The van der Waals surface area contributed by atoms with Gasteiger partial charge in [0.05, 0.1) is 23.8 Å². The van der Waals surface area contributed by atoms with E-state index in [9.17, 15) is 4.79 Å². The fourth-order valence-corrected chi connectivity index (χ4v) is 5.42. The van der Waals surface area contributed by atoms with Crippen LogP contribution in [0.15, 0.2) is 95.0 Å². The molecule has 6 rings (SSSR count). The zero-order valence-electron chi connectivity index (χ0n) is 21.0. The van der Waals surface area contributed by atoms with Gasteiger partial charge in [-0.3, -0.25) is 4.79 Å². The van der Waals surface area contributed by atoms with Crippen molar-refractivity contribution in [3.8, 4) is 22.7 Å². The van der Waals surface area contributed by atoms with Gasteiger partial charge in [0.1, 0.15) is 18.1 Å². The van der Waals surface area contributed by atoms with Gasteiger partial charge in [0.25, 0.3) is 5.91 Å². The van der Waals surface area contributed by atoms with Crippen LogP contribution in [0.1, 0.15) is 11.1 Å². The molecule has 196 valence electrons. The highest BCUT2D eigenvalue weighted by Gasteiger charge is 2.28. The van der Waals surface area contributed by atoms with Gasteiger partial charge in [-0.15, -0.1) is 0 Å². The first kappa shape index (κ1) is 25.4. The van der Waals surface area contributed by atoms with Gasteiger partial charge in [0.15, 0.2) is 5.17 Å². The molecule has 3 heterocycles. The van der Waals surface area contributed by atoms with Crippen molar-refractivity contribution in [2.45, 2.75) is 6.61 Å². The average Bonchev–Trinajstić information content (AvgIpc) is 3.57. The summed E-state index contributed by atoms with van der Waals surface area (Å²) in [4.78, 5) is 19.8. The van der Waals surface area contributed by atoms with Crippen molar-refractivity contribution < 1.29 is 14.3 Å². The summed E-state index contributed by atoms with van der Waals surface area (Å²) in [6.45, 7) is 3.15. The summed E-state index contributed by atoms with van der Waals surface area (Å²) in [6.07, 6.45) is 3.83. The number of amidine groups is 1. The number of aromatic nitrogens is 2. The number of nitrogens with zero attached hydrogens (tertiary/aromatic N) is 4. The lowest BCUT2D eigenvalue weighted by molar-refractivity contribution is -0.113. The highest BCUT2D eigenvalue weighted by atomic mass is 35.5. The summed E-state index contributed by atoms with van der Waals surface area (Å²) >= 11 is 7.40. The summed E-state index contributed by atoms with van der Waals surface area (Å²) in [7, 11) is 0. The molecule has 0 aliphatic carbocycles. The van der Waals surface area contributed by atoms with Crippen molar-refractivity contribution in [3.05, 3.63) is 106 Å². The third-order valence-electron chi connectivity index (χ3n) is 6.37. The molecule has 0 radical (unpaired) electrons. The second-order valence-corrected chi connectivity index (χ2v) is 10.5. The topological polar surface area (TPSA) is 69.0 Å². The smallest absolute Gasteiger partial charge is 0.286 e. The van der Waals surface area contributed by atoms with Crippen molar-refractivity contribution in [2.24, 2.45) is 4.99 Å². The first-order chi connectivity index (χ1) is 19.1. The van der Waals surface area contributed by atoms with Crippen LogP contribution in [0.4, 0.5) is 0 Å². The first-order valence-electron chi connectivity index (χ1n) is 12.6. The lowest BCUT2D eigenvalue weighted by atomic mass is 10.1. The monoisotopic (exact) mass is 556 g/mol. The number of hydrogen-bond donors (Lipinski definition) is 0. The molecule has 0 atom stereocenters. The third-order valence-corrected chi connectivity index (χ3v) is 7.66. The second-order valence-electron chi connectivity index (χ2n) is 9.07. The maximum absolute atomic E-state index is 12.9. The van der Waals surface area contributed by atoms with Gasteiger partial charge in [-0.05, 0) is 59.8 Å². The van der Waals surface area contributed by atoms with Crippen molar-refractivity contribution in [1.29, 1.82) is 0 Å². The summed E-state index contributed by atoms with van der Waals surface area (Å²) in [5.41, 5.74) is 4.40. The molecule has 0 bridgehead atoms. The molecule has 2 aliphatic rings. The van der Waals surface area contributed by atoms with E-state index in [1.807, 2.05) is 95.8 Å². The SMILES string of the molecule is O=C1N=C(N2CCOCC2)SC1=Cc1cn(-c2ccccc2)nc1-c1cccc(OCc2ccc(Cl)cc2)c1. The maximum atomic E-state index is 12.9. The Morgan fingerprint density at radius 1 is 1.00 bits per heavy atom. The Hall–Kier alpha value is -3.85. The number of morpholine rings is 1. The maximum Gasteiger partial charge on any atom is 0.286 e. The Kier molecular flexibility index (Phi) is 7.49. The number of amides is 1. The number of rotatable bonds is 6. The van der Waals surface area contributed by atoms with Gasteiger partial charge < -0.3 is 14.4 Å². The predicted octanol–water partition coefficient (Wildman–Crippen LogP) is 6.07. The van der Waals surface area contributed by atoms with E-state index < -0.39 is 0 Å². The van der Waals surface area contributed by atoms with E-state index in [1.165, 1.54) is 11.8 Å². The van der Waals surface area contributed by atoms with Crippen LogP contribution in [0.25, 0.3) is 23.0 Å². The van der Waals surface area contributed by atoms with Gasteiger partial charge in [-0.25, -0.2) is 4.68 Å². The van der Waals surface area contributed by atoms with E-state index in [-0.39, 0.29) is 5.91 Å². The summed E-state index contributed by atoms with van der Waals surface area (Å²) in [6, 6.07) is 25.3. The second kappa shape index (κ2) is 11.5. The molecule has 0 spiro atoms. The van der Waals surface area contributed by atoms with E-state index in [0.29, 0.717) is 29.7 Å². The number of halogens is 1. The molecule has 9 heteroatoms. The van der Waals surface area contributed by atoms with Crippen molar-refractivity contribution in [2.75, 3.05) is 26.3 Å². The average molecular weight is 557 g/mol. The molecule has 2 aliphatic heterocycles. The fraction of sp³-hybridized carbons (Fsp3) is 0.167. The number of para-hydroxylation sites is 1. The van der Waals surface area contributed by atoms with Crippen molar-refractivity contribution >= 4 is 40.5 Å². The van der Waals surface area contributed by atoms with Crippen LogP contribution in [0.3, 0.4) is 0 Å². The van der Waals surface area contributed by atoms with E-state index in [0.717, 1.165) is 52.1 Å². The molecule has 3 aromatic carbocycles. The van der Waals surface area contributed by atoms with Gasteiger partial charge in [0.2, 0.25) is 0 Å². The Balaban J connectivity index is 1.30. The zero-order valence-corrected chi connectivity index (χ0v) is 22.6. The molecular formula is C30H25ClN4O3S. The number of thioether (sulfide) groups is 1. The number of aliphatic imine (C=N–C) groups is 1. The Bertz CT molecular complexity index is 1540. The van der Waals surface area contributed by atoms with Crippen LogP contribution < -0.4 is 4.74 Å². The van der Waals surface area contributed by atoms with Crippen LogP contribution in [0, 0.1) is 0 Å². The molecule has 0 N–H and O–H groups in total. The molecule has 1 aromatic heterocycles. The number of carbonyl (C=O) groups is 1. The van der Waals surface area contributed by atoms with Crippen LogP contribution in [-0.4, -0.2) is 52.1 Å². The molecule has 1 fully saturated rings. The number of ether oxygens (including phenoxy) is 2. The first-order valence-corrected chi connectivity index (χ1v) is 13.8. The summed E-state index contributed by atoms with van der Waals surface area (Å²) < 4.78 is 13.3. The van der Waals surface area contributed by atoms with Crippen LogP contribution >= 0.6 is 23.4 Å².